The molecule has 258 valence electrons. The highest BCUT2D eigenvalue weighted by Crippen LogP contribution is 2.47. The smallest absolute Gasteiger partial charge is 0.159 e. The Morgan fingerprint density at radius 2 is 0.891 bits per heavy atom. The summed E-state index contributed by atoms with van der Waals surface area (Å²) in [6.45, 7) is 0. The molecule has 0 radical (unpaired) electrons. The third-order valence-electron chi connectivity index (χ3n) is 10.9. The zero-order valence-corrected chi connectivity index (χ0v) is 29.8. The van der Waals surface area contributed by atoms with Gasteiger partial charge < -0.3 is 13.7 Å². The van der Waals surface area contributed by atoms with Gasteiger partial charge in [-0.3, -0.25) is 0 Å². The van der Waals surface area contributed by atoms with Crippen LogP contribution >= 0.6 is 0 Å². The van der Waals surface area contributed by atoms with Crippen molar-refractivity contribution in [2.24, 2.45) is 0 Å². The largest absolute Gasteiger partial charge is 0.455 e. The molecule has 55 heavy (non-hydrogen) atoms. The Hall–Kier alpha value is -7.36. The average Bonchev–Trinajstić information content (AvgIpc) is 3.84. The van der Waals surface area contributed by atoms with E-state index in [0.717, 1.165) is 88.4 Å². The highest BCUT2D eigenvalue weighted by molar-refractivity contribution is 6.18. The number of furan rings is 2. The van der Waals surface area contributed by atoms with Crippen LogP contribution in [0, 0.1) is 0 Å². The Labute approximate surface area is 317 Å². The molecule has 0 aliphatic heterocycles. The summed E-state index contributed by atoms with van der Waals surface area (Å²) in [4.78, 5) is 2.33. The number of nitrogens with zero attached hydrogens (tertiary/aromatic N) is 1. The number of hydrogen-bond donors (Lipinski definition) is 0. The van der Waals surface area contributed by atoms with Gasteiger partial charge in [-0.25, -0.2) is 0 Å². The van der Waals surface area contributed by atoms with E-state index in [1.54, 1.807) is 0 Å². The lowest BCUT2D eigenvalue weighted by atomic mass is 9.97. The molecule has 2 heterocycles. The van der Waals surface area contributed by atoms with Crippen molar-refractivity contribution >= 4 is 71.7 Å². The topological polar surface area (TPSA) is 29.5 Å². The van der Waals surface area contributed by atoms with Crippen molar-refractivity contribution in [3.05, 3.63) is 200 Å². The highest BCUT2D eigenvalue weighted by atomic mass is 16.3. The van der Waals surface area contributed by atoms with Crippen LogP contribution < -0.4 is 4.90 Å². The van der Waals surface area contributed by atoms with Crippen LogP contribution in [0.2, 0.25) is 0 Å². The predicted octanol–water partition coefficient (Wildman–Crippen LogP) is 15.1. The molecule has 0 spiro atoms. The second kappa shape index (κ2) is 12.6. The Morgan fingerprint density at radius 1 is 0.309 bits per heavy atom. The summed E-state index contributed by atoms with van der Waals surface area (Å²) in [5.41, 5.74) is 13.3. The fraction of sp³-hybridized carbons (Fsp3) is 0. The minimum atomic E-state index is 0.839. The highest BCUT2D eigenvalue weighted by Gasteiger charge is 2.24. The lowest BCUT2D eigenvalue weighted by molar-refractivity contribution is 0.669. The quantitative estimate of drug-likeness (QED) is 0.173. The molecule has 11 rings (SSSR count). The summed E-state index contributed by atoms with van der Waals surface area (Å²) in [7, 11) is 0. The Bertz CT molecular complexity index is 3210. The molecule has 0 saturated heterocycles. The monoisotopic (exact) mass is 703 g/mol. The van der Waals surface area contributed by atoms with Crippen molar-refractivity contribution in [2.75, 3.05) is 4.90 Å². The van der Waals surface area contributed by atoms with Crippen molar-refractivity contribution < 1.29 is 8.83 Å². The lowest BCUT2D eigenvalue weighted by Crippen LogP contribution is -2.11. The standard InChI is InChI=1S/C52H33NO2/c1-2-13-34(14-3-1)37-16-10-17-38(33-37)35-27-30-39(31-28-35)53(48-25-12-23-44-42-20-7-9-26-49(42)54-52(44)48)47-24-8-6-19-41(47)43-21-11-22-45-46-32-29-36-15-4-5-18-40(36)50(46)55-51(43)45/h1-33H. The zero-order chi connectivity index (χ0) is 36.3. The van der Waals surface area contributed by atoms with Crippen molar-refractivity contribution in [1.29, 1.82) is 0 Å². The van der Waals surface area contributed by atoms with E-state index in [1.165, 1.54) is 16.7 Å². The molecule has 0 amide bonds. The molecule has 0 atom stereocenters. The number of anilines is 3. The number of hydrogen-bond acceptors (Lipinski definition) is 3. The van der Waals surface area contributed by atoms with E-state index in [-0.39, 0.29) is 0 Å². The fourth-order valence-corrected chi connectivity index (χ4v) is 8.26. The Balaban J connectivity index is 1.12. The van der Waals surface area contributed by atoms with E-state index in [1.807, 2.05) is 12.1 Å². The number of benzene rings is 9. The van der Waals surface area contributed by atoms with Crippen LogP contribution in [0.25, 0.3) is 88.0 Å². The third-order valence-corrected chi connectivity index (χ3v) is 10.9. The molecular formula is C52H33NO2. The minimum Gasteiger partial charge on any atom is -0.455 e. The zero-order valence-electron chi connectivity index (χ0n) is 29.8. The average molecular weight is 704 g/mol. The predicted molar refractivity (Wildman–Crippen MR) is 229 cm³/mol. The molecule has 3 nitrogen and oxygen atoms in total. The van der Waals surface area contributed by atoms with Crippen LogP contribution in [0.1, 0.15) is 0 Å². The number of fused-ring (bicyclic) bond motifs is 8. The second-order valence-corrected chi connectivity index (χ2v) is 14.0. The van der Waals surface area contributed by atoms with Crippen molar-refractivity contribution in [3.63, 3.8) is 0 Å². The van der Waals surface area contributed by atoms with E-state index < -0.39 is 0 Å². The first kappa shape index (κ1) is 31.2. The molecule has 11 aromatic rings. The van der Waals surface area contributed by atoms with Crippen LogP contribution in [0.15, 0.2) is 209 Å². The Kier molecular flexibility index (Phi) is 7.17. The summed E-state index contributed by atoms with van der Waals surface area (Å²) in [5, 5.41) is 6.67. The van der Waals surface area contributed by atoms with Crippen molar-refractivity contribution in [2.45, 2.75) is 0 Å². The van der Waals surface area contributed by atoms with E-state index >= 15 is 0 Å². The van der Waals surface area contributed by atoms with Gasteiger partial charge >= 0.3 is 0 Å². The van der Waals surface area contributed by atoms with Crippen molar-refractivity contribution in [1.82, 2.24) is 0 Å². The van der Waals surface area contributed by atoms with Crippen LogP contribution in [0.4, 0.5) is 17.1 Å². The Morgan fingerprint density at radius 3 is 1.75 bits per heavy atom. The summed E-state index contributed by atoms with van der Waals surface area (Å²) in [6.07, 6.45) is 0. The number of rotatable bonds is 6. The maximum absolute atomic E-state index is 6.88. The van der Waals surface area contributed by atoms with Gasteiger partial charge in [0.25, 0.3) is 0 Å². The SMILES string of the molecule is c1ccc(-c2cccc(-c3ccc(N(c4ccccc4-c4cccc5c4oc4c6ccccc6ccc54)c4cccc5c4oc4ccccc45)cc3)c2)cc1. The van der Waals surface area contributed by atoms with Crippen LogP contribution in [0.5, 0.6) is 0 Å². The van der Waals surface area contributed by atoms with E-state index in [9.17, 15) is 0 Å². The van der Waals surface area contributed by atoms with Gasteiger partial charge in [-0.15, -0.1) is 0 Å². The summed E-state index contributed by atoms with van der Waals surface area (Å²) >= 11 is 0. The normalized spacial score (nSPS) is 11.6. The molecule has 0 aliphatic carbocycles. The van der Waals surface area contributed by atoms with Crippen molar-refractivity contribution in [3.8, 4) is 33.4 Å². The van der Waals surface area contributed by atoms with Gasteiger partial charge in [-0.05, 0) is 70.1 Å². The van der Waals surface area contributed by atoms with Gasteiger partial charge in [-0.2, -0.15) is 0 Å². The molecule has 9 aromatic carbocycles. The van der Waals surface area contributed by atoms with Gasteiger partial charge in [0.1, 0.15) is 16.7 Å². The van der Waals surface area contributed by atoms with Gasteiger partial charge in [0.2, 0.25) is 0 Å². The van der Waals surface area contributed by atoms with Gasteiger partial charge in [0.15, 0.2) is 5.58 Å². The second-order valence-electron chi connectivity index (χ2n) is 14.0. The molecule has 0 unspecified atom stereocenters. The maximum atomic E-state index is 6.88. The fourth-order valence-electron chi connectivity index (χ4n) is 8.26. The van der Waals surface area contributed by atoms with Gasteiger partial charge in [0, 0.05) is 43.7 Å². The maximum Gasteiger partial charge on any atom is 0.159 e. The van der Waals surface area contributed by atoms with E-state index in [4.69, 9.17) is 8.83 Å². The van der Waals surface area contributed by atoms with E-state index in [0.29, 0.717) is 0 Å². The molecule has 0 bridgehead atoms. The molecular weight excluding hydrogens is 671 g/mol. The third kappa shape index (κ3) is 5.13. The molecule has 2 aromatic heterocycles. The first-order valence-corrected chi connectivity index (χ1v) is 18.7. The molecule has 0 saturated carbocycles. The van der Waals surface area contributed by atoms with Crippen LogP contribution in [-0.4, -0.2) is 0 Å². The molecule has 0 aliphatic rings. The first-order valence-electron chi connectivity index (χ1n) is 18.7. The van der Waals surface area contributed by atoms with Gasteiger partial charge in [-0.1, -0.05) is 158 Å². The van der Waals surface area contributed by atoms with Crippen LogP contribution in [0.3, 0.4) is 0 Å². The van der Waals surface area contributed by atoms with Gasteiger partial charge in [0.05, 0.1) is 11.4 Å². The van der Waals surface area contributed by atoms with E-state index in [2.05, 4.69) is 193 Å². The molecule has 0 fully saturated rings. The first-order chi connectivity index (χ1) is 27.3. The molecule has 3 heteroatoms. The summed E-state index contributed by atoms with van der Waals surface area (Å²) in [5.74, 6) is 0. The molecule has 0 N–H and O–H groups in total. The minimum absolute atomic E-state index is 0.839. The lowest BCUT2D eigenvalue weighted by Gasteiger charge is -2.28. The number of para-hydroxylation sites is 4. The summed E-state index contributed by atoms with van der Waals surface area (Å²) in [6, 6.07) is 70.8. The van der Waals surface area contributed by atoms with Crippen LogP contribution in [-0.2, 0) is 0 Å². The summed E-state index contributed by atoms with van der Waals surface area (Å²) < 4.78 is 13.6.